The fourth-order valence-electron chi connectivity index (χ4n) is 9.12. The fraction of sp³-hybridized carbons (Fsp3) is 0.357. The van der Waals surface area contributed by atoms with Crippen LogP contribution in [0.3, 0.4) is 0 Å². The highest BCUT2D eigenvalue weighted by atomic mass is 32.1. The van der Waals surface area contributed by atoms with E-state index in [-0.39, 0.29) is 12.0 Å². The highest BCUT2D eigenvalue weighted by molar-refractivity contribution is 7.20. The van der Waals surface area contributed by atoms with Gasteiger partial charge >= 0.3 is 30.9 Å². The maximum Gasteiger partial charge on any atom is 0.420 e. The van der Waals surface area contributed by atoms with Crippen molar-refractivity contribution in [2.75, 3.05) is 0 Å². The van der Waals surface area contributed by atoms with Crippen molar-refractivity contribution in [3.05, 3.63) is 114 Å². The van der Waals surface area contributed by atoms with Gasteiger partial charge in [-0.1, -0.05) is 74.9 Å². The molecule has 2 aliphatic heterocycles. The van der Waals surface area contributed by atoms with Gasteiger partial charge in [0.15, 0.2) is 5.75 Å². The zero-order valence-corrected chi connectivity index (χ0v) is 32.5. The molecule has 3 aromatic carbocycles. The van der Waals surface area contributed by atoms with Gasteiger partial charge < -0.3 is 4.74 Å². The van der Waals surface area contributed by atoms with Crippen LogP contribution in [0.25, 0.3) is 27.9 Å². The summed E-state index contributed by atoms with van der Waals surface area (Å²) in [6.45, 7) is 5.41. The average Bonchev–Trinajstić information content (AvgIpc) is 3.52. The van der Waals surface area contributed by atoms with Gasteiger partial charge in [-0.2, -0.15) is 65.9 Å². The topological polar surface area (TPSA) is 24.8 Å². The molecule has 324 valence electrons. The Bertz CT molecular complexity index is 2680. The van der Waals surface area contributed by atoms with Crippen LogP contribution in [0.1, 0.15) is 83.9 Å². The molecule has 19 heteroatoms. The summed E-state index contributed by atoms with van der Waals surface area (Å²) >= 11 is 1.28. The zero-order chi connectivity index (χ0) is 44.6. The lowest BCUT2D eigenvalue weighted by atomic mass is 9.54. The Morgan fingerprint density at radius 3 is 1.82 bits per heavy atom. The van der Waals surface area contributed by atoms with Crippen molar-refractivity contribution in [2.24, 2.45) is 11.0 Å². The molecular weight excluding hydrogens is 866 g/mol. The molecule has 3 heterocycles. The first kappa shape index (κ1) is 42.7. The maximum absolute atomic E-state index is 15.0. The van der Waals surface area contributed by atoms with E-state index in [1.807, 2.05) is 19.1 Å². The average molecular weight is 895 g/mol. The van der Waals surface area contributed by atoms with Crippen LogP contribution in [0.2, 0.25) is 0 Å². The van der Waals surface area contributed by atoms with Gasteiger partial charge in [0.2, 0.25) is 5.90 Å². The van der Waals surface area contributed by atoms with Crippen LogP contribution in [0.4, 0.5) is 65.9 Å². The highest BCUT2D eigenvalue weighted by Crippen LogP contribution is 2.64. The first-order valence-electron chi connectivity index (χ1n) is 18.6. The standard InChI is InChI=1S/C42H29F15N2OS/c1-4-6-9-19-12-13-20-17-23-24(18-21(20)16-19)35(58-59-32(23)34-26(22-10-7-8-11-25(22)61-34)36(3)14-15-37(36,59)5-2)60-33-30(41(52,53)54)28(39(46,47)48)27(38(43,44)45)29(40(49,50)51)31(33)42(55,56)57/h7-8,10-18,24H,4-6,9H2,1-3H3. The summed E-state index contributed by atoms with van der Waals surface area (Å²) in [5.41, 5.74) is -20.2. The number of aryl methyl sites for hydroxylation is 1. The maximum atomic E-state index is 15.0. The first-order chi connectivity index (χ1) is 28.2. The van der Waals surface area contributed by atoms with E-state index >= 15 is 0 Å². The van der Waals surface area contributed by atoms with Crippen LogP contribution < -0.4 is 15.2 Å². The molecule has 0 bridgehead atoms. The quantitative estimate of drug-likeness (QED) is 0.147. The minimum atomic E-state index is -7.04. The third-order valence-electron chi connectivity index (χ3n) is 11.8. The smallest absolute Gasteiger partial charge is 0.420 e. The number of thiophene rings is 1. The van der Waals surface area contributed by atoms with Crippen LogP contribution in [-0.4, -0.2) is 16.4 Å². The summed E-state index contributed by atoms with van der Waals surface area (Å²) in [5, 5.41) is 7.30. The fourth-order valence-corrected chi connectivity index (χ4v) is 10.5. The van der Waals surface area contributed by atoms with E-state index in [9.17, 15) is 65.9 Å². The van der Waals surface area contributed by atoms with E-state index in [1.165, 1.54) is 28.5 Å². The number of halogens is 15. The van der Waals surface area contributed by atoms with Crippen molar-refractivity contribution in [3.8, 4) is 5.75 Å². The number of nitrogens with zero attached hydrogens (tertiary/aromatic N) is 2. The Balaban J connectivity index is 1.51. The predicted molar refractivity (Wildman–Crippen MR) is 196 cm³/mol. The van der Waals surface area contributed by atoms with Gasteiger partial charge in [0.25, 0.3) is 0 Å². The Hall–Kier alpha value is -4.94. The Morgan fingerprint density at radius 2 is 1.30 bits per heavy atom. The second-order valence-electron chi connectivity index (χ2n) is 15.3. The number of hydrogen-bond acceptors (Lipinski definition) is 4. The van der Waals surface area contributed by atoms with Crippen molar-refractivity contribution in [1.82, 2.24) is 5.01 Å². The monoisotopic (exact) mass is 894 g/mol. The predicted octanol–water partition coefficient (Wildman–Crippen LogP) is 12.6. The second kappa shape index (κ2) is 13.5. The van der Waals surface area contributed by atoms with Crippen LogP contribution in [0.5, 0.6) is 5.75 Å². The summed E-state index contributed by atoms with van der Waals surface area (Å²) < 4.78 is 227. The number of hydrazone groups is 1. The van der Waals surface area contributed by atoms with Crippen molar-refractivity contribution in [2.45, 2.75) is 88.3 Å². The summed E-state index contributed by atoms with van der Waals surface area (Å²) in [6.07, 6.45) is -26.1. The number of benzene rings is 3. The minimum Gasteiger partial charge on any atom is -0.439 e. The van der Waals surface area contributed by atoms with E-state index < -0.39 is 87.2 Å². The molecule has 2 aliphatic carbocycles. The molecule has 4 aliphatic rings. The molecule has 8 rings (SSSR count). The highest BCUT2D eigenvalue weighted by Gasteiger charge is 2.64. The number of unbranched alkanes of at least 4 members (excludes halogenated alkanes) is 1. The molecule has 4 aromatic rings. The van der Waals surface area contributed by atoms with E-state index in [4.69, 9.17) is 4.74 Å². The molecule has 3 atom stereocenters. The molecule has 1 aromatic heterocycles. The summed E-state index contributed by atoms with van der Waals surface area (Å²) in [7, 11) is 0. The van der Waals surface area contributed by atoms with Gasteiger partial charge in [0.05, 0.1) is 38.7 Å². The molecule has 61 heavy (non-hydrogen) atoms. The van der Waals surface area contributed by atoms with Crippen LogP contribution in [0.15, 0.2) is 65.3 Å². The summed E-state index contributed by atoms with van der Waals surface area (Å²) in [4.78, 5) is 0.563. The molecular formula is C42H29F15N2OS. The first-order valence-corrected chi connectivity index (χ1v) is 19.5. The lowest BCUT2D eigenvalue weighted by Crippen LogP contribution is -2.65. The summed E-state index contributed by atoms with van der Waals surface area (Å²) in [6, 6.07) is 12.4. The molecule has 0 N–H and O–H groups in total. The number of rotatable bonds is 5. The third kappa shape index (κ3) is 6.36. The second-order valence-corrected chi connectivity index (χ2v) is 16.4. The minimum absolute atomic E-state index is 0.0999. The largest absolute Gasteiger partial charge is 0.439 e. The van der Waals surface area contributed by atoms with Crippen molar-refractivity contribution < 1.29 is 70.6 Å². The van der Waals surface area contributed by atoms with E-state index in [1.54, 1.807) is 56.3 Å². The molecule has 0 amide bonds. The van der Waals surface area contributed by atoms with Gasteiger partial charge in [-0.25, -0.2) is 5.01 Å². The summed E-state index contributed by atoms with van der Waals surface area (Å²) in [5.74, 6) is -6.10. The Morgan fingerprint density at radius 1 is 0.721 bits per heavy atom. The van der Waals surface area contributed by atoms with E-state index in [2.05, 4.69) is 5.10 Å². The van der Waals surface area contributed by atoms with Crippen LogP contribution in [-0.2, 0) is 42.7 Å². The molecule has 0 saturated heterocycles. The van der Waals surface area contributed by atoms with Gasteiger partial charge in [0.1, 0.15) is 11.1 Å². The van der Waals surface area contributed by atoms with Crippen molar-refractivity contribution >= 4 is 45.2 Å². The van der Waals surface area contributed by atoms with E-state index in [0.29, 0.717) is 33.9 Å². The number of fused-ring (bicyclic) bond motifs is 10. The van der Waals surface area contributed by atoms with E-state index in [0.717, 1.165) is 27.6 Å². The number of alkyl halides is 15. The third-order valence-corrected chi connectivity index (χ3v) is 13.0. The van der Waals surface area contributed by atoms with Crippen molar-refractivity contribution in [3.63, 3.8) is 0 Å². The van der Waals surface area contributed by atoms with Gasteiger partial charge in [0, 0.05) is 10.1 Å². The van der Waals surface area contributed by atoms with Gasteiger partial charge in [-0.3, -0.25) is 0 Å². The molecule has 0 radical (unpaired) electrons. The Kier molecular flexibility index (Phi) is 9.48. The molecule has 3 unspecified atom stereocenters. The van der Waals surface area contributed by atoms with Crippen LogP contribution >= 0.6 is 11.3 Å². The lowest BCUT2D eigenvalue weighted by molar-refractivity contribution is -0.189. The number of ether oxygens (including phenoxy) is 1. The van der Waals surface area contributed by atoms with Crippen LogP contribution in [0, 0.1) is 5.92 Å². The SMILES string of the molecule is CCCCc1ccc2c(c1)=CC1C(Oc3c(C(F)(F)F)c(C(F)(F)F)c(C(F)(F)F)c(C(F)(F)F)c3C(F)(F)F)=NN3C(=C1C=2)c1sc2ccccc2c1C1(C)C=CC31CC. The lowest BCUT2D eigenvalue weighted by Gasteiger charge is -2.61. The number of hydrogen-bond donors (Lipinski definition) is 0. The van der Waals surface area contributed by atoms with Crippen molar-refractivity contribution in [1.29, 1.82) is 0 Å². The molecule has 0 spiro atoms. The molecule has 0 saturated carbocycles. The van der Waals surface area contributed by atoms with Gasteiger partial charge in [-0.15, -0.1) is 16.4 Å². The molecule has 0 fully saturated rings. The zero-order valence-electron chi connectivity index (χ0n) is 31.6. The molecule has 3 nitrogen and oxygen atoms in total. The Labute approximate surface area is 339 Å². The normalized spacial score (nSPS) is 22.4. The van der Waals surface area contributed by atoms with Gasteiger partial charge in [-0.05, 0) is 70.9 Å².